The topological polar surface area (TPSA) is 30.9 Å². The second kappa shape index (κ2) is 5.02. The number of para-hydroxylation sites is 1. The lowest BCUT2D eigenvalue weighted by molar-refractivity contribution is 0.835. The molecule has 0 spiro atoms. The fraction of sp³-hybridized carbons (Fsp3) is 0.0667. The van der Waals surface area contributed by atoms with Gasteiger partial charge < -0.3 is 10.3 Å². The van der Waals surface area contributed by atoms with Crippen molar-refractivity contribution in [2.24, 2.45) is 0 Å². The van der Waals surface area contributed by atoms with Gasteiger partial charge in [-0.25, -0.2) is 0 Å². The van der Waals surface area contributed by atoms with Crippen molar-refractivity contribution in [1.82, 2.24) is 4.57 Å². The molecule has 2 N–H and O–H groups in total. The van der Waals surface area contributed by atoms with E-state index in [4.69, 9.17) is 5.73 Å². The van der Waals surface area contributed by atoms with Gasteiger partial charge in [-0.3, -0.25) is 0 Å². The van der Waals surface area contributed by atoms with Crippen LogP contribution >= 0.6 is 31.9 Å². The molecule has 1 heterocycles. The fourth-order valence-electron chi connectivity index (χ4n) is 2.30. The van der Waals surface area contributed by atoms with E-state index in [-0.39, 0.29) is 0 Å². The van der Waals surface area contributed by atoms with Gasteiger partial charge >= 0.3 is 0 Å². The van der Waals surface area contributed by atoms with E-state index in [1.165, 1.54) is 16.5 Å². The molecule has 0 bridgehead atoms. The molecule has 0 aliphatic heterocycles. The van der Waals surface area contributed by atoms with E-state index in [2.05, 4.69) is 73.0 Å². The number of rotatable bonds is 2. The van der Waals surface area contributed by atoms with Gasteiger partial charge in [-0.15, -0.1) is 0 Å². The zero-order valence-electron chi connectivity index (χ0n) is 10.1. The van der Waals surface area contributed by atoms with E-state index < -0.39 is 0 Å². The predicted molar refractivity (Wildman–Crippen MR) is 87.3 cm³/mol. The minimum Gasteiger partial charge on any atom is -0.399 e. The SMILES string of the molecule is Nc1cc(Br)cc(Cn2cc(Br)c3ccccc32)c1. The summed E-state index contributed by atoms with van der Waals surface area (Å²) in [6.07, 6.45) is 2.11. The number of aromatic nitrogens is 1. The van der Waals surface area contributed by atoms with Gasteiger partial charge in [0.1, 0.15) is 0 Å². The van der Waals surface area contributed by atoms with Crippen molar-refractivity contribution in [2.75, 3.05) is 5.73 Å². The van der Waals surface area contributed by atoms with Crippen LogP contribution in [0.5, 0.6) is 0 Å². The number of anilines is 1. The first kappa shape index (κ1) is 12.8. The Kier molecular flexibility index (Phi) is 3.37. The number of halogens is 2. The summed E-state index contributed by atoms with van der Waals surface area (Å²) < 4.78 is 4.35. The third kappa shape index (κ3) is 2.55. The molecule has 0 saturated carbocycles. The van der Waals surface area contributed by atoms with Crippen LogP contribution in [0.25, 0.3) is 10.9 Å². The van der Waals surface area contributed by atoms with Crippen molar-refractivity contribution in [3.8, 4) is 0 Å². The van der Waals surface area contributed by atoms with Gasteiger partial charge in [-0.05, 0) is 45.8 Å². The molecule has 2 nitrogen and oxygen atoms in total. The zero-order valence-corrected chi connectivity index (χ0v) is 13.3. The highest BCUT2D eigenvalue weighted by molar-refractivity contribution is 9.11. The number of nitrogens with two attached hydrogens (primary N) is 1. The first-order chi connectivity index (χ1) is 9.13. The Morgan fingerprint density at radius 1 is 1.05 bits per heavy atom. The largest absolute Gasteiger partial charge is 0.399 e. The maximum Gasteiger partial charge on any atom is 0.0495 e. The van der Waals surface area contributed by atoms with E-state index in [1.54, 1.807) is 0 Å². The minimum atomic E-state index is 0.778. The second-order valence-electron chi connectivity index (χ2n) is 4.51. The normalized spacial score (nSPS) is 11.1. The van der Waals surface area contributed by atoms with E-state index in [9.17, 15) is 0 Å². The summed E-state index contributed by atoms with van der Waals surface area (Å²) in [4.78, 5) is 0. The molecule has 0 fully saturated rings. The lowest BCUT2D eigenvalue weighted by Crippen LogP contribution is -1.99. The van der Waals surface area contributed by atoms with Crippen LogP contribution in [0.2, 0.25) is 0 Å². The van der Waals surface area contributed by atoms with Gasteiger partial charge in [0.15, 0.2) is 0 Å². The first-order valence-electron chi connectivity index (χ1n) is 5.92. The standard InChI is InChI=1S/C15H12Br2N2/c16-11-5-10(6-12(18)7-11)8-19-9-14(17)13-3-1-2-4-15(13)19/h1-7,9H,8,18H2. The van der Waals surface area contributed by atoms with Crippen LogP contribution in [-0.4, -0.2) is 4.57 Å². The van der Waals surface area contributed by atoms with Crippen LogP contribution in [-0.2, 0) is 6.54 Å². The summed E-state index contributed by atoms with van der Waals surface area (Å²) in [5.41, 5.74) is 9.06. The van der Waals surface area contributed by atoms with E-state index in [1.807, 2.05) is 12.1 Å². The van der Waals surface area contributed by atoms with Gasteiger partial charge in [0.05, 0.1) is 0 Å². The van der Waals surface area contributed by atoms with Crippen LogP contribution in [0.3, 0.4) is 0 Å². The van der Waals surface area contributed by atoms with Crippen molar-refractivity contribution in [2.45, 2.75) is 6.54 Å². The molecule has 0 saturated heterocycles. The van der Waals surface area contributed by atoms with Crippen LogP contribution in [0.4, 0.5) is 5.69 Å². The first-order valence-corrected chi connectivity index (χ1v) is 7.50. The lowest BCUT2D eigenvalue weighted by Gasteiger charge is -2.07. The molecule has 3 aromatic rings. The number of hydrogen-bond acceptors (Lipinski definition) is 1. The Balaban J connectivity index is 2.06. The Morgan fingerprint density at radius 3 is 2.63 bits per heavy atom. The van der Waals surface area contributed by atoms with Gasteiger partial charge in [0, 0.05) is 38.3 Å². The van der Waals surface area contributed by atoms with Crippen molar-refractivity contribution in [1.29, 1.82) is 0 Å². The van der Waals surface area contributed by atoms with E-state index >= 15 is 0 Å². The monoisotopic (exact) mass is 378 g/mol. The third-order valence-electron chi connectivity index (χ3n) is 3.07. The van der Waals surface area contributed by atoms with Crippen molar-refractivity contribution in [3.63, 3.8) is 0 Å². The quantitative estimate of drug-likeness (QED) is 0.637. The number of nitrogens with zero attached hydrogens (tertiary/aromatic N) is 1. The van der Waals surface area contributed by atoms with Crippen molar-refractivity contribution < 1.29 is 0 Å². The molecule has 0 amide bonds. The summed E-state index contributed by atoms with van der Waals surface area (Å²) in [5.74, 6) is 0. The lowest BCUT2D eigenvalue weighted by atomic mass is 10.2. The molecule has 4 heteroatoms. The van der Waals surface area contributed by atoms with E-state index in [0.717, 1.165) is 21.2 Å². The van der Waals surface area contributed by atoms with Gasteiger partial charge in [0.25, 0.3) is 0 Å². The van der Waals surface area contributed by atoms with Crippen molar-refractivity contribution in [3.05, 3.63) is 63.2 Å². The van der Waals surface area contributed by atoms with Gasteiger partial charge in [-0.1, -0.05) is 34.1 Å². The van der Waals surface area contributed by atoms with Crippen LogP contribution < -0.4 is 5.73 Å². The summed E-state index contributed by atoms with van der Waals surface area (Å²) in [6, 6.07) is 14.4. The second-order valence-corrected chi connectivity index (χ2v) is 6.28. The Hall–Kier alpha value is -1.26. The Bertz CT molecular complexity index is 727. The number of nitrogen functional groups attached to an aromatic ring is 1. The molecule has 0 aliphatic rings. The average Bonchev–Trinajstić information content (AvgIpc) is 2.66. The smallest absolute Gasteiger partial charge is 0.0495 e. The van der Waals surface area contributed by atoms with Gasteiger partial charge in [-0.2, -0.15) is 0 Å². The molecular formula is C15H12Br2N2. The molecule has 0 aliphatic carbocycles. The molecule has 19 heavy (non-hydrogen) atoms. The van der Waals surface area contributed by atoms with Crippen LogP contribution in [0.15, 0.2) is 57.6 Å². The molecule has 2 aromatic carbocycles. The van der Waals surface area contributed by atoms with Crippen molar-refractivity contribution >= 4 is 48.5 Å². The Morgan fingerprint density at radius 2 is 1.84 bits per heavy atom. The fourth-order valence-corrected chi connectivity index (χ4v) is 3.44. The van der Waals surface area contributed by atoms with Gasteiger partial charge in [0.2, 0.25) is 0 Å². The minimum absolute atomic E-state index is 0.778. The number of benzene rings is 2. The Labute approximate surface area is 128 Å². The van der Waals surface area contributed by atoms with E-state index in [0.29, 0.717) is 0 Å². The molecule has 3 rings (SSSR count). The average molecular weight is 380 g/mol. The third-order valence-corrected chi connectivity index (χ3v) is 4.16. The zero-order chi connectivity index (χ0) is 13.4. The highest BCUT2D eigenvalue weighted by Gasteiger charge is 2.06. The molecule has 0 radical (unpaired) electrons. The molecule has 0 unspecified atom stereocenters. The summed E-state index contributed by atoms with van der Waals surface area (Å²) in [6.45, 7) is 0.801. The number of hydrogen-bond donors (Lipinski definition) is 1. The maximum absolute atomic E-state index is 5.88. The van der Waals surface area contributed by atoms with Crippen LogP contribution in [0, 0.1) is 0 Å². The molecule has 1 aromatic heterocycles. The molecule has 0 atom stereocenters. The maximum atomic E-state index is 5.88. The molecular weight excluding hydrogens is 368 g/mol. The highest BCUT2D eigenvalue weighted by atomic mass is 79.9. The van der Waals surface area contributed by atoms with Crippen LogP contribution in [0.1, 0.15) is 5.56 Å². The highest BCUT2D eigenvalue weighted by Crippen LogP contribution is 2.27. The predicted octanol–water partition coefficient (Wildman–Crippen LogP) is 4.80. The summed E-state index contributed by atoms with van der Waals surface area (Å²) in [7, 11) is 0. The molecule has 96 valence electrons. The summed E-state index contributed by atoms with van der Waals surface area (Å²) in [5, 5.41) is 1.23. The number of fused-ring (bicyclic) bond motifs is 1. The summed E-state index contributed by atoms with van der Waals surface area (Å²) >= 11 is 7.09.